The second kappa shape index (κ2) is 5.58. The number of aromatic nitrogens is 1. The smallest absolute Gasteiger partial charge is 0.0858 e. The van der Waals surface area contributed by atoms with E-state index in [0.29, 0.717) is 16.6 Å². The van der Waals surface area contributed by atoms with Gasteiger partial charge < -0.3 is 9.90 Å². The van der Waals surface area contributed by atoms with E-state index in [2.05, 4.69) is 36.8 Å². The van der Waals surface area contributed by atoms with Crippen molar-refractivity contribution >= 4 is 48.7 Å². The van der Waals surface area contributed by atoms with Crippen LogP contribution in [0.25, 0.3) is 22.2 Å². The van der Waals surface area contributed by atoms with Crippen LogP contribution in [0.2, 0.25) is 0 Å². The Bertz CT molecular complexity index is 848. The molecule has 104 valence electrons. The quantitative estimate of drug-likeness (QED) is 0.651. The van der Waals surface area contributed by atoms with Gasteiger partial charge in [0, 0.05) is 25.5 Å². The largest absolute Gasteiger partial charge is 0.545 e. The first kappa shape index (κ1) is 14.2. The summed E-state index contributed by atoms with van der Waals surface area (Å²) in [5.74, 6) is -1.22. The fourth-order valence-corrected chi connectivity index (χ4v) is 3.49. The Morgan fingerprint density at radius 1 is 1.05 bits per heavy atom. The highest BCUT2D eigenvalue weighted by Gasteiger charge is 2.11. The molecule has 0 aliphatic heterocycles. The van der Waals surface area contributed by atoms with Crippen molar-refractivity contribution in [1.82, 2.24) is 4.98 Å². The molecule has 0 saturated carbocycles. The number of carboxylic acid groups (broad SMARTS) is 1. The van der Waals surface area contributed by atoms with Crippen molar-refractivity contribution in [1.29, 1.82) is 0 Å². The highest BCUT2D eigenvalue weighted by Crippen LogP contribution is 2.32. The van der Waals surface area contributed by atoms with Gasteiger partial charge in [-0.2, -0.15) is 0 Å². The molecule has 2 aromatic carbocycles. The summed E-state index contributed by atoms with van der Waals surface area (Å²) in [6, 6.07) is 14.6. The monoisotopic (exact) mass is 404 g/mol. The zero-order chi connectivity index (χ0) is 15.0. The number of carbonyl (C=O) groups is 1. The predicted octanol–water partition coefficient (Wildman–Crippen LogP) is 3.79. The lowest BCUT2D eigenvalue weighted by molar-refractivity contribution is -0.254. The van der Waals surface area contributed by atoms with Gasteiger partial charge in [0.1, 0.15) is 0 Å². The van der Waals surface area contributed by atoms with Gasteiger partial charge in [0.25, 0.3) is 0 Å². The molecule has 0 radical (unpaired) electrons. The molecule has 5 heteroatoms. The molecule has 0 N–H and O–H groups in total. The Hall–Kier alpha value is -1.72. The molecule has 0 fully saturated rings. The molecule has 1 aromatic heterocycles. The molecule has 3 rings (SSSR count). The normalized spacial score (nSPS) is 10.8. The third-order valence-electron chi connectivity index (χ3n) is 3.12. The van der Waals surface area contributed by atoms with Crippen molar-refractivity contribution in [3.8, 4) is 11.3 Å². The van der Waals surface area contributed by atoms with Gasteiger partial charge in [0.2, 0.25) is 0 Å². The van der Waals surface area contributed by atoms with E-state index in [0.717, 1.165) is 14.5 Å². The van der Waals surface area contributed by atoms with E-state index >= 15 is 0 Å². The molecule has 0 unspecified atom stereocenters. The van der Waals surface area contributed by atoms with E-state index in [9.17, 15) is 9.90 Å². The summed E-state index contributed by atoms with van der Waals surface area (Å²) in [7, 11) is 0. The number of rotatable bonds is 2. The molecule has 0 spiro atoms. The summed E-state index contributed by atoms with van der Waals surface area (Å²) >= 11 is 6.79. The molecule has 0 aliphatic rings. The lowest BCUT2D eigenvalue weighted by Crippen LogP contribution is -2.22. The lowest BCUT2D eigenvalue weighted by atomic mass is 10.0. The fraction of sp³-hybridized carbons (Fsp3) is 0. The number of hydrogen-bond acceptors (Lipinski definition) is 3. The van der Waals surface area contributed by atoms with Crippen LogP contribution in [0.4, 0.5) is 0 Å². The SMILES string of the molecule is O=C([O-])c1cc(-c2ccccc2)nc2c(Br)cc(Br)cc12. The zero-order valence-corrected chi connectivity index (χ0v) is 13.8. The third kappa shape index (κ3) is 2.71. The van der Waals surface area contributed by atoms with Crippen molar-refractivity contribution in [3.63, 3.8) is 0 Å². The Labute approximate surface area is 137 Å². The van der Waals surface area contributed by atoms with Crippen molar-refractivity contribution in [2.24, 2.45) is 0 Å². The van der Waals surface area contributed by atoms with Crippen LogP contribution in [0.15, 0.2) is 57.5 Å². The molecule has 0 atom stereocenters. The van der Waals surface area contributed by atoms with Gasteiger partial charge in [-0.25, -0.2) is 4.98 Å². The molecule has 1 heterocycles. The maximum absolute atomic E-state index is 11.5. The zero-order valence-electron chi connectivity index (χ0n) is 10.6. The number of nitrogens with zero attached hydrogens (tertiary/aromatic N) is 1. The Morgan fingerprint density at radius 3 is 2.43 bits per heavy atom. The van der Waals surface area contributed by atoms with Gasteiger partial charge in [0.15, 0.2) is 0 Å². The van der Waals surface area contributed by atoms with Crippen LogP contribution in [0.1, 0.15) is 10.4 Å². The summed E-state index contributed by atoms with van der Waals surface area (Å²) in [4.78, 5) is 16.0. The minimum Gasteiger partial charge on any atom is -0.545 e. The fourth-order valence-electron chi connectivity index (χ4n) is 2.18. The number of carbonyl (C=O) groups excluding carboxylic acids is 1. The van der Waals surface area contributed by atoms with E-state index in [1.165, 1.54) is 0 Å². The Balaban J connectivity index is 2.38. The minimum absolute atomic E-state index is 0.126. The number of fused-ring (bicyclic) bond motifs is 1. The summed E-state index contributed by atoms with van der Waals surface area (Å²) < 4.78 is 1.51. The van der Waals surface area contributed by atoms with Crippen LogP contribution in [0.3, 0.4) is 0 Å². The number of halogens is 2. The van der Waals surface area contributed by atoms with Crippen LogP contribution >= 0.6 is 31.9 Å². The molecule has 0 amide bonds. The standard InChI is InChI=1S/C16H9Br2NO2/c17-10-6-11-12(16(20)21)8-14(9-4-2-1-3-5-9)19-15(11)13(18)7-10/h1-8H,(H,20,21)/p-1. The summed E-state index contributed by atoms with van der Waals surface area (Å²) in [6.45, 7) is 0. The molecule has 21 heavy (non-hydrogen) atoms. The third-order valence-corrected chi connectivity index (χ3v) is 4.18. The van der Waals surface area contributed by atoms with Crippen molar-refractivity contribution in [3.05, 3.63) is 63.0 Å². The van der Waals surface area contributed by atoms with Crippen LogP contribution in [0.5, 0.6) is 0 Å². The van der Waals surface area contributed by atoms with E-state index in [1.54, 1.807) is 12.1 Å². The maximum atomic E-state index is 11.5. The van der Waals surface area contributed by atoms with Crippen molar-refractivity contribution < 1.29 is 9.90 Å². The number of carboxylic acids is 1. The van der Waals surface area contributed by atoms with Gasteiger partial charge in [-0.1, -0.05) is 46.3 Å². The number of aromatic carboxylic acids is 1. The van der Waals surface area contributed by atoms with Gasteiger partial charge >= 0.3 is 0 Å². The van der Waals surface area contributed by atoms with E-state index in [1.807, 2.05) is 36.4 Å². The average molecular weight is 406 g/mol. The highest BCUT2D eigenvalue weighted by atomic mass is 79.9. The molecular weight excluding hydrogens is 398 g/mol. The van der Waals surface area contributed by atoms with Crippen LogP contribution in [-0.2, 0) is 0 Å². The molecular formula is C16H8Br2NO2-. The van der Waals surface area contributed by atoms with Crippen molar-refractivity contribution in [2.75, 3.05) is 0 Å². The average Bonchev–Trinajstić information content (AvgIpc) is 2.47. The van der Waals surface area contributed by atoms with Gasteiger partial charge in [0.05, 0.1) is 17.2 Å². The van der Waals surface area contributed by atoms with E-state index < -0.39 is 5.97 Å². The second-order valence-corrected chi connectivity index (χ2v) is 6.26. The van der Waals surface area contributed by atoms with Crippen LogP contribution < -0.4 is 5.11 Å². The van der Waals surface area contributed by atoms with Crippen LogP contribution in [-0.4, -0.2) is 11.0 Å². The summed E-state index contributed by atoms with van der Waals surface area (Å²) in [6.07, 6.45) is 0. The van der Waals surface area contributed by atoms with E-state index in [4.69, 9.17) is 0 Å². The highest BCUT2D eigenvalue weighted by molar-refractivity contribution is 9.11. The topological polar surface area (TPSA) is 53.0 Å². The lowest BCUT2D eigenvalue weighted by Gasteiger charge is -2.12. The predicted molar refractivity (Wildman–Crippen MR) is 86.9 cm³/mol. The van der Waals surface area contributed by atoms with Crippen LogP contribution in [0, 0.1) is 0 Å². The van der Waals surface area contributed by atoms with Gasteiger partial charge in [-0.15, -0.1) is 0 Å². The summed E-state index contributed by atoms with van der Waals surface area (Å²) in [5, 5.41) is 12.0. The number of pyridine rings is 1. The molecule has 3 nitrogen and oxygen atoms in total. The first-order valence-corrected chi connectivity index (χ1v) is 7.71. The first-order valence-electron chi connectivity index (χ1n) is 6.13. The molecule has 0 saturated heterocycles. The Kier molecular flexibility index (Phi) is 3.78. The number of hydrogen-bond donors (Lipinski definition) is 0. The second-order valence-electron chi connectivity index (χ2n) is 4.49. The number of benzene rings is 2. The van der Waals surface area contributed by atoms with E-state index in [-0.39, 0.29) is 5.56 Å². The summed E-state index contributed by atoms with van der Waals surface area (Å²) in [5.41, 5.74) is 2.18. The van der Waals surface area contributed by atoms with Gasteiger partial charge in [-0.3, -0.25) is 0 Å². The molecule has 0 bridgehead atoms. The molecule has 3 aromatic rings. The minimum atomic E-state index is -1.22. The maximum Gasteiger partial charge on any atom is 0.0858 e. The van der Waals surface area contributed by atoms with Gasteiger partial charge in [-0.05, 0) is 34.1 Å². The molecule has 0 aliphatic carbocycles. The first-order chi connectivity index (χ1) is 10.1. The van der Waals surface area contributed by atoms with Crippen molar-refractivity contribution in [2.45, 2.75) is 0 Å². The Morgan fingerprint density at radius 2 is 1.76 bits per heavy atom.